The molecule has 1 aromatic rings. The fraction of sp³-hybridized carbons (Fsp3) is 0.417. The van der Waals surface area contributed by atoms with Crippen LogP contribution in [-0.4, -0.2) is 24.7 Å². The molecule has 0 atom stereocenters. The van der Waals surface area contributed by atoms with Crippen molar-refractivity contribution in [2.75, 3.05) is 18.6 Å². The number of aliphatic hydroxyl groups excluding tert-OH is 1. The van der Waals surface area contributed by atoms with Crippen LogP contribution in [0.5, 0.6) is 0 Å². The molecule has 5 heteroatoms. The Kier molecular flexibility index (Phi) is 3.23. The van der Waals surface area contributed by atoms with Gasteiger partial charge in [-0.2, -0.15) is 0 Å². The summed E-state index contributed by atoms with van der Waals surface area (Å²) >= 11 is 3.24. The third-order valence-electron chi connectivity index (χ3n) is 3.18. The van der Waals surface area contributed by atoms with Crippen LogP contribution in [0, 0.1) is 11.2 Å². The fourth-order valence-corrected chi connectivity index (χ4v) is 2.15. The molecule has 1 aromatic carbocycles. The van der Waals surface area contributed by atoms with Crippen LogP contribution in [0.1, 0.15) is 12.8 Å². The molecule has 0 radical (unpaired) electrons. The molecule has 0 aromatic heterocycles. The topological polar surface area (TPSA) is 40.5 Å². The second-order valence-electron chi connectivity index (χ2n) is 4.40. The molecular formula is C12H13BrFNO2. The molecule has 3 nitrogen and oxygen atoms in total. The Morgan fingerprint density at radius 2 is 2.24 bits per heavy atom. The minimum Gasteiger partial charge on any atom is -0.395 e. The van der Waals surface area contributed by atoms with Crippen molar-refractivity contribution in [3.63, 3.8) is 0 Å². The van der Waals surface area contributed by atoms with Gasteiger partial charge >= 0.3 is 0 Å². The lowest BCUT2D eigenvalue weighted by Crippen LogP contribution is -2.36. The van der Waals surface area contributed by atoms with Crippen LogP contribution < -0.4 is 4.90 Å². The third kappa shape index (κ3) is 2.21. The number of rotatable bonds is 3. The van der Waals surface area contributed by atoms with Crippen molar-refractivity contribution in [2.24, 2.45) is 5.41 Å². The first-order valence-corrected chi connectivity index (χ1v) is 6.13. The highest BCUT2D eigenvalue weighted by Gasteiger charge is 2.51. The summed E-state index contributed by atoms with van der Waals surface area (Å²) in [7, 11) is 1.53. The predicted octanol–water partition coefficient (Wildman–Crippen LogP) is 2.32. The van der Waals surface area contributed by atoms with Gasteiger partial charge in [-0.15, -0.1) is 0 Å². The van der Waals surface area contributed by atoms with Crippen molar-refractivity contribution in [3.05, 3.63) is 28.5 Å². The first-order valence-electron chi connectivity index (χ1n) is 5.34. The van der Waals surface area contributed by atoms with E-state index in [-0.39, 0.29) is 18.2 Å². The summed E-state index contributed by atoms with van der Waals surface area (Å²) in [6.07, 6.45) is 1.34. The number of aliphatic hydroxyl groups is 1. The Labute approximate surface area is 107 Å². The third-order valence-corrected chi connectivity index (χ3v) is 3.68. The summed E-state index contributed by atoms with van der Waals surface area (Å²) in [5.74, 6) is -0.671. The quantitative estimate of drug-likeness (QED) is 0.931. The lowest BCUT2D eigenvalue weighted by atomic mass is 10.1. The zero-order valence-corrected chi connectivity index (χ0v) is 11.0. The van der Waals surface area contributed by atoms with Gasteiger partial charge in [-0.25, -0.2) is 4.39 Å². The highest BCUT2D eigenvalue weighted by atomic mass is 79.9. The Hall–Kier alpha value is -0.940. The average Bonchev–Trinajstić information content (AvgIpc) is 3.11. The molecule has 0 spiro atoms. The first kappa shape index (κ1) is 12.5. The summed E-state index contributed by atoms with van der Waals surface area (Å²) in [5.41, 5.74) is -0.451. The maximum absolute atomic E-state index is 13.6. The summed E-state index contributed by atoms with van der Waals surface area (Å²) in [4.78, 5) is 13.4. The predicted molar refractivity (Wildman–Crippen MR) is 66.3 cm³/mol. The number of carbonyl (C=O) groups excluding carboxylic acids is 1. The van der Waals surface area contributed by atoms with Crippen molar-refractivity contribution in [2.45, 2.75) is 12.8 Å². The summed E-state index contributed by atoms with van der Waals surface area (Å²) in [6, 6.07) is 4.44. The van der Waals surface area contributed by atoms with Crippen molar-refractivity contribution in [3.8, 4) is 0 Å². The smallest absolute Gasteiger partial charge is 0.235 e. The molecule has 0 bridgehead atoms. The summed E-state index contributed by atoms with van der Waals surface area (Å²) in [6.45, 7) is -0.175. The standard InChI is InChI=1S/C12H13BrFNO2/c1-15(11(17)12(7-16)4-5-12)10-6-8(13)2-3-9(10)14/h2-3,6,16H,4-5,7H2,1H3. The lowest BCUT2D eigenvalue weighted by Gasteiger charge is -2.22. The molecule has 0 heterocycles. The second-order valence-corrected chi connectivity index (χ2v) is 5.31. The highest BCUT2D eigenvalue weighted by molar-refractivity contribution is 9.10. The number of halogens is 2. The molecule has 1 aliphatic carbocycles. The number of amides is 1. The normalized spacial score (nSPS) is 16.7. The monoisotopic (exact) mass is 301 g/mol. The molecule has 92 valence electrons. The van der Waals surface area contributed by atoms with E-state index in [1.807, 2.05) is 0 Å². The molecule has 0 aliphatic heterocycles. The van der Waals surface area contributed by atoms with Gasteiger partial charge in [0.25, 0.3) is 0 Å². The van der Waals surface area contributed by atoms with Crippen molar-refractivity contribution in [1.82, 2.24) is 0 Å². The van der Waals surface area contributed by atoms with Gasteiger partial charge in [0.05, 0.1) is 17.7 Å². The first-order chi connectivity index (χ1) is 8.00. The highest BCUT2D eigenvalue weighted by Crippen LogP contribution is 2.47. The minimum atomic E-state index is -0.677. The van der Waals surface area contributed by atoms with Gasteiger partial charge in [-0.05, 0) is 31.0 Å². The second kappa shape index (κ2) is 4.38. The van der Waals surface area contributed by atoms with Gasteiger partial charge in [-0.3, -0.25) is 4.79 Å². The van der Waals surface area contributed by atoms with Gasteiger partial charge in [0.1, 0.15) is 5.82 Å². The Morgan fingerprint density at radius 3 is 2.76 bits per heavy atom. The van der Waals surface area contributed by atoms with Gasteiger partial charge in [-0.1, -0.05) is 15.9 Å². The van der Waals surface area contributed by atoms with E-state index in [1.54, 1.807) is 12.1 Å². The number of anilines is 1. The minimum absolute atomic E-state index is 0.175. The molecule has 1 N–H and O–H groups in total. The largest absolute Gasteiger partial charge is 0.395 e. The van der Waals surface area contributed by atoms with E-state index in [0.29, 0.717) is 17.3 Å². The van der Waals surface area contributed by atoms with Crippen molar-refractivity contribution >= 4 is 27.5 Å². The molecule has 1 aliphatic rings. The number of benzene rings is 1. The molecule has 0 unspecified atom stereocenters. The number of carbonyl (C=O) groups is 1. The van der Waals surface area contributed by atoms with E-state index < -0.39 is 11.2 Å². The Morgan fingerprint density at radius 1 is 1.59 bits per heavy atom. The van der Waals surface area contributed by atoms with Gasteiger partial charge in [0.2, 0.25) is 5.91 Å². The van der Waals surface area contributed by atoms with Crippen LogP contribution in [0.25, 0.3) is 0 Å². The van der Waals surface area contributed by atoms with E-state index in [1.165, 1.54) is 18.0 Å². The van der Waals surface area contributed by atoms with E-state index in [0.717, 1.165) is 0 Å². The Balaban J connectivity index is 2.28. The van der Waals surface area contributed by atoms with Crippen molar-refractivity contribution in [1.29, 1.82) is 0 Å². The van der Waals surface area contributed by atoms with Crippen LogP contribution >= 0.6 is 15.9 Å². The maximum Gasteiger partial charge on any atom is 0.235 e. The summed E-state index contributed by atoms with van der Waals surface area (Å²) in [5, 5.41) is 9.20. The SMILES string of the molecule is CN(C(=O)C1(CO)CC1)c1cc(Br)ccc1F. The van der Waals surface area contributed by atoms with Crippen molar-refractivity contribution < 1.29 is 14.3 Å². The number of hydrogen-bond acceptors (Lipinski definition) is 2. The van der Waals surface area contributed by atoms with Crippen LogP contribution in [0.15, 0.2) is 22.7 Å². The lowest BCUT2D eigenvalue weighted by molar-refractivity contribution is -0.124. The average molecular weight is 302 g/mol. The van der Waals surface area contributed by atoms with E-state index in [2.05, 4.69) is 15.9 Å². The molecule has 1 amide bonds. The molecule has 17 heavy (non-hydrogen) atoms. The Bertz CT molecular complexity index is 460. The zero-order chi connectivity index (χ0) is 12.6. The molecule has 0 saturated heterocycles. The zero-order valence-electron chi connectivity index (χ0n) is 9.41. The maximum atomic E-state index is 13.6. The van der Waals surface area contributed by atoms with Gasteiger partial charge in [0.15, 0.2) is 0 Å². The van der Waals surface area contributed by atoms with E-state index in [4.69, 9.17) is 0 Å². The van der Waals surface area contributed by atoms with Crippen LogP contribution in [0.3, 0.4) is 0 Å². The van der Waals surface area contributed by atoms with Crippen LogP contribution in [0.2, 0.25) is 0 Å². The van der Waals surface area contributed by atoms with Gasteiger partial charge in [0, 0.05) is 11.5 Å². The molecule has 1 saturated carbocycles. The molecule has 2 rings (SSSR count). The van der Waals surface area contributed by atoms with Crippen LogP contribution in [0.4, 0.5) is 10.1 Å². The number of hydrogen-bond donors (Lipinski definition) is 1. The molecular weight excluding hydrogens is 289 g/mol. The molecule has 1 fully saturated rings. The summed E-state index contributed by atoms with van der Waals surface area (Å²) < 4.78 is 14.3. The number of nitrogens with zero attached hydrogens (tertiary/aromatic N) is 1. The fourth-order valence-electron chi connectivity index (χ4n) is 1.80. The van der Waals surface area contributed by atoms with E-state index in [9.17, 15) is 14.3 Å². The van der Waals surface area contributed by atoms with Gasteiger partial charge < -0.3 is 10.0 Å². The van der Waals surface area contributed by atoms with Crippen LogP contribution in [-0.2, 0) is 4.79 Å². The van der Waals surface area contributed by atoms with E-state index >= 15 is 0 Å².